The predicted molar refractivity (Wildman–Crippen MR) is 75.2 cm³/mol. The Morgan fingerprint density at radius 2 is 2.16 bits per heavy atom. The Morgan fingerprint density at radius 3 is 2.58 bits per heavy atom. The van der Waals surface area contributed by atoms with Gasteiger partial charge in [-0.05, 0) is 33.8 Å². The molecular formula is C10H12BrNO5S2. The Labute approximate surface area is 122 Å². The summed E-state index contributed by atoms with van der Waals surface area (Å²) in [5.74, 6) is -2.09. The first-order chi connectivity index (χ1) is 8.70. The lowest BCUT2D eigenvalue weighted by atomic mass is 10.2. The highest BCUT2D eigenvalue weighted by atomic mass is 79.9. The Morgan fingerprint density at radius 1 is 1.53 bits per heavy atom. The van der Waals surface area contributed by atoms with Gasteiger partial charge in [0.15, 0.2) is 0 Å². The third-order valence-corrected chi connectivity index (χ3v) is 5.02. The predicted octanol–water partition coefficient (Wildman–Crippen LogP) is 1.13. The molecule has 0 aromatic carbocycles. The minimum absolute atomic E-state index is 0.164. The van der Waals surface area contributed by atoms with E-state index in [-0.39, 0.29) is 12.2 Å². The molecule has 0 saturated heterocycles. The molecule has 1 rings (SSSR count). The summed E-state index contributed by atoms with van der Waals surface area (Å²) in [6, 6.07) is 0.447. The van der Waals surface area contributed by atoms with Crippen molar-refractivity contribution in [1.82, 2.24) is 5.32 Å². The molecule has 0 saturated carbocycles. The number of carbonyl (C=O) groups is 2. The summed E-state index contributed by atoms with van der Waals surface area (Å²) in [5, 5.41) is 13.0. The van der Waals surface area contributed by atoms with Gasteiger partial charge in [0.1, 0.15) is 20.8 Å². The Bertz CT molecular complexity index is 580. The summed E-state index contributed by atoms with van der Waals surface area (Å²) in [7, 11) is -3.27. The van der Waals surface area contributed by atoms with Crippen molar-refractivity contribution in [3.8, 4) is 0 Å². The second kappa shape index (κ2) is 6.49. The van der Waals surface area contributed by atoms with Crippen molar-refractivity contribution in [2.24, 2.45) is 0 Å². The lowest BCUT2D eigenvalue weighted by Crippen LogP contribution is -2.41. The van der Waals surface area contributed by atoms with Crippen molar-refractivity contribution < 1.29 is 23.1 Å². The highest BCUT2D eigenvalue weighted by Gasteiger charge is 2.23. The highest BCUT2D eigenvalue weighted by molar-refractivity contribution is 9.10. The molecule has 1 aromatic rings. The van der Waals surface area contributed by atoms with Crippen LogP contribution in [-0.2, 0) is 14.6 Å². The quantitative estimate of drug-likeness (QED) is 0.782. The van der Waals surface area contributed by atoms with Crippen LogP contribution in [0.25, 0.3) is 0 Å². The van der Waals surface area contributed by atoms with Crippen LogP contribution in [0.5, 0.6) is 0 Å². The molecule has 2 N–H and O–H groups in total. The number of sulfone groups is 1. The first-order valence-electron chi connectivity index (χ1n) is 5.15. The van der Waals surface area contributed by atoms with Gasteiger partial charge in [-0.3, -0.25) is 4.79 Å². The molecule has 19 heavy (non-hydrogen) atoms. The van der Waals surface area contributed by atoms with Gasteiger partial charge in [0.25, 0.3) is 5.91 Å². The Balaban J connectivity index is 2.72. The topological polar surface area (TPSA) is 101 Å². The van der Waals surface area contributed by atoms with E-state index in [0.29, 0.717) is 9.35 Å². The highest BCUT2D eigenvalue weighted by Crippen LogP contribution is 2.22. The van der Waals surface area contributed by atoms with Crippen molar-refractivity contribution in [1.29, 1.82) is 0 Å². The molecule has 6 nitrogen and oxygen atoms in total. The third kappa shape index (κ3) is 5.29. The zero-order chi connectivity index (χ0) is 14.6. The summed E-state index contributed by atoms with van der Waals surface area (Å²) >= 11 is 4.34. The fourth-order valence-corrected chi connectivity index (χ4v) is 3.39. The van der Waals surface area contributed by atoms with Crippen molar-refractivity contribution in [3.63, 3.8) is 0 Å². The summed E-state index contributed by atoms with van der Waals surface area (Å²) in [5.41, 5.74) is 0. The van der Waals surface area contributed by atoms with Crippen LogP contribution in [0.2, 0.25) is 0 Å². The van der Waals surface area contributed by atoms with Gasteiger partial charge in [0, 0.05) is 10.7 Å². The molecule has 9 heteroatoms. The fraction of sp³-hybridized carbons (Fsp3) is 0.400. The average Bonchev–Trinajstić information content (AvgIpc) is 2.68. The molecule has 0 aliphatic carbocycles. The number of hydrogen-bond acceptors (Lipinski definition) is 5. The molecule has 1 atom stereocenters. The van der Waals surface area contributed by atoms with Gasteiger partial charge >= 0.3 is 5.97 Å². The maximum Gasteiger partial charge on any atom is 0.326 e. The first kappa shape index (κ1) is 16.1. The SMILES string of the molecule is CS(=O)(=O)CCC(NC(=O)c1sccc1Br)C(=O)O. The minimum Gasteiger partial charge on any atom is -0.480 e. The van der Waals surface area contributed by atoms with Crippen LogP contribution in [0.4, 0.5) is 0 Å². The number of carbonyl (C=O) groups excluding carboxylic acids is 1. The number of nitrogens with one attached hydrogen (secondary N) is 1. The lowest BCUT2D eigenvalue weighted by Gasteiger charge is -2.13. The number of halogens is 1. The summed E-state index contributed by atoms with van der Waals surface area (Å²) in [6.45, 7) is 0. The number of aliphatic carboxylic acids is 1. The number of amides is 1. The minimum atomic E-state index is -3.27. The van der Waals surface area contributed by atoms with Gasteiger partial charge in [0.05, 0.1) is 5.75 Å². The van der Waals surface area contributed by atoms with Gasteiger partial charge in [-0.1, -0.05) is 0 Å². The standard InChI is InChI=1S/C10H12BrNO5S2/c1-19(16,17)5-3-7(10(14)15)12-9(13)8-6(11)2-4-18-8/h2,4,7H,3,5H2,1H3,(H,12,13)(H,14,15). The molecule has 0 bridgehead atoms. The van der Waals surface area contributed by atoms with Crippen LogP contribution in [0.1, 0.15) is 16.1 Å². The maximum atomic E-state index is 11.8. The number of carboxylic acids is 1. The zero-order valence-electron chi connectivity index (χ0n) is 9.92. The zero-order valence-corrected chi connectivity index (χ0v) is 13.1. The van der Waals surface area contributed by atoms with E-state index < -0.39 is 27.8 Å². The van der Waals surface area contributed by atoms with E-state index in [2.05, 4.69) is 21.2 Å². The number of thiophene rings is 1. The van der Waals surface area contributed by atoms with Gasteiger partial charge in [0.2, 0.25) is 0 Å². The van der Waals surface area contributed by atoms with Crippen molar-refractivity contribution in [2.75, 3.05) is 12.0 Å². The van der Waals surface area contributed by atoms with Crippen molar-refractivity contribution in [3.05, 3.63) is 20.8 Å². The Hall–Kier alpha value is -0.930. The molecule has 1 heterocycles. The molecule has 1 amide bonds. The fourth-order valence-electron chi connectivity index (χ4n) is 1.27. The van der Waals surface area contributed by atoms with Crippen LogP contribution in [0.3, 0.4) is 0 Å². The summed E-state index contributed by atoms with van der Waals surface area (Å²) < 4.78 is 22.6. The summed E-state index contributed by atoms with van der Waals surface area (Å²) in [4.78, 5) is 23.2. The van der Waals surface area contributed by atoms with Gasteiger partial charge in [-0.2, -0.15) is 0 Å². The normalized spacial score (nSPS) is 12.9. The van der Waals surface area contributed by atoms with Crippen LogP contribution in [0, 0.1) is 0 Å². The molecule has 0 radical (unpaired) electrons. The number of hydrogen-bond donors (Lipinski definition) is 2. The van der Waals surface area contributed by atoms with E-state index in [4.69, 9.17) is 5.11 Å². The van der Waals surface area contributed by atoms with E-state index in [9.17, 15) is 18.0 Å². The molecule has 1 aromatic heterocycles. The van der Waals surface area contributed by atoms with Crippen LogP contribution in [0.15, 0.2) is 15.9 Å². The summed E-state index contributed by atoms with van der Waals surface area (Å²) in [6.07, 6.45) is 0.854. The first-order valence-corrected chi connectivity index (χ1v) is 8.88. The number of carboxylic acid groups (broad SMARTS) is 1. The second-order valence-electron chi connectivity index (χ2n) is 3.88. The second-order valence-corrected chi connectivity index (χ2v) is 7.91. The van der Waals surface area contributed by atoms with Gasteiger partial charge in [-0.25, -0.2) is 13.2 Å². The molecule has 0 fully saturated rings. The van der Waals surface area contributed by atoms with Crippen LogP contribution < -0.4 is 5.32 Å². The maximum absolute atomic E-state index is 11.8. The van der Waals surface area contributed by atoms with Gasteiger partial charge in [-0.15, -0.1) is 11.3 Å². The van der Waals surface area contributed by atoms with Crippen LogP contribution >= 0.6 is 27.3 Å². The third-order valence-electron chi connectivity index (χ3n) is 2.20. The van der Waals surface area contributed by atoms with Crippen molar-refractivity contribution in [2.45, 2.75) is 12.5 Å². The van der Waals surface area contributed by atoms with E-state index in [1.165, 1.54) is 0 Å². The molecule has 0 spiro atoms. The average molecular weight is 370 g/mol. The largest absolute Gasteiger partial charge is 0.480 e. The van der Waals surface area contributed by atoms with E-state index in [1.807, 2.05) is 0 Å². The smallest absolute Gasteiger partial charge is 0.326 e. The molecule has 0 aliphatic heterocycles. The van der Waals surface area contributed by atoms with E-state index >= 15 is 0 Å². The monoisotopic (exact) mass is 369 g/mol. The molecule has 106 valence electrons. The van der Waals surface area contributed by atoms with E-state index in [1.54, 1.807) is 11.4 Å². The molecule has 0 aliphatic rings. The van der Waals surface area contributed by atoms with Crippen LogP contribution in [-0.4, -0.2) is 43.5 Å². The van der Waals surface area contributed by atoms with E-state index in [0.717, 1.165) is 17.6 Å². The number of rotatable bonds is 6. The van der Waals surface area contributed by atoms with Gasteiger partial charge < -0.3 is 10.4 Å². The molecule has 1 unspecified atom stereocenters. The Kier molecular flexibility index (Phi) is 5.50. The van der Waals surface area contributed by atoms with Crippen molar-refractivity contribution >= 4 is 49.0 Å². The molecular weight excluding hydrogens is 358 g/mol. The lowest BCUT2D eigenvalue weighted by molar-refractivity contribution is -0.139.